The van der Waals surface area contributed by atoms with Gasteiger partial charge >= 0.3 is 0 Å². The van der Waals surface area contributed by atoms with Crippen molar-refractivity contribution in [2.45, 2.75) is 31.3 Å². The largest absolute Gasteiger partial charge is 0.379 e. The molecule has 1 aromatic rings. The van der Waals surface area contributed by atoms with Crippen LogP contribution in [0.15, 0.2) is 18.5 Å². The zero-order valence-corrected chi connectivity index (χ0v) is 9.59. The standard InChI is InChI=1S/C12H19N3O/c1-4-13-15(5-1)12-3-2-11(10-12)14-6-8-16-9-7-14/h1,4-5,11-12H,2-3,6-10H2. The molecule has 2 aliphatic rings. The summed E-state index contributed by atoms with van der Waals surface area (Å²) in [6, 6.07) is 3.38. The van der Waals surface area contributed by atoms with Crippen LogP contribution in [0.4, 0.5) is 0 Å². The van der Waals surface area contributed by atoms with E-state index in [1.54, 1.807) is 0 Å². The number of ether oxygens (including phenoxy) is 1. The highest BCUT2D eigenvalue weighted by Crippen LogP contribution is 2.32. The predicted octanol–water partition coefficient (Wildman–Crippen LogP) is 1.31. The maximum absolute atomic E-state index is 5.40. The van der Waals surface area contributed by atoms with Crippen LogP contribution in [-0.2, 0) is 4.74 Å². The summed E-state index contributed by atoms with van der Waals surface area (Å²) in [5.41, 5.74) is 0. The molecule has 0 aromatic carbocycles. The van der Waals surface area contributed by atoms with Crippen LogP contribution < -0.4 is 0 Å². The molecule has 16 heavy (non-hydrogen) atoms. The van der Waals surface area contributed by atoms with Crippen LogP contribution in [0.3, 0.4) is 0 Å². The van der Waals surface area contributed by atoms with Crippen LogP contribution in [0, 0.1) is 0 Å². The van der Waals surface area contributed by atoms with Crippen LogP contribution in [0.2, 0.25) is 0 Å². The highest BCUT2D eigenvalue weighted by atomic mass is 16.5. The van der Waals surface area contributed by atoms with E-state index in [9.17, 15) is 0 Å². The normalized spacial score (nSPS) is 32.0. The van der Waals surface area contributed by atoms with Crippen molar-refractivity contribution < 1.29 is 4.74 Å². The van der Waals surface area contributed by atoms with Crippen LogP contribution in [0.5, 0.6) is 0 Å². The molecule has 0 bridgehead atoms. The van der Waals surface area contributed by atoms with Crippen molar-refractivity contribution in [1.29, 1.82) is 0 Å². The Hall–Kier alpha value is -0.870. The van der Waals surface area contributed by atoms with Crippen LogP contribution in [0.25, 0.3) is 0 Å². The average molecular weight is 221 g/mol. The molecule has 88 valence electrons. The smallest absolute Gasteiger partial charge is 0.0594 e. The maximum Gasteiger partial charge on any atom is 0.0594 e. The third-order valence-electron chi connectivity index (χ3n) is 3.84. The van der Waals surface area contributed by atoms with Gasteiger partial charge in [0.2, 0.25) is 0 Å². The van der Waals surface area contributed by atoms with Gasteiger partial charge in [0.05, 0.1) is 19.3 Å². The molecule has 2 atom stereocenters. The molecule has 1 aliphatic heterocycles. The monoisotopic (exact) mass is 221 g/mol. The van der Waals surface area contributed by atoms with Crippen molar-refractivity contribution in [3.63, 3.8) is 0 Å². The second kappa shape index (κ2) is 4.55. The van der Waals surface area contributed by atoms with E-state index in [0.717, 1.165) is 32.3 Å². The quantitative estimate of drug-likeness (QED) is 0.754. The first-order valence-electron chi connectivity index (χ1n) is 6.24. The van der Waals surface area contributed by atoms with Gasteiger partial charge in [-0.2, -0.15) is 5.10 Å². The van der Waals surface area contributed by atoms with E-state index in [1.165, 1.54) is 19.3 Å². The summed E-state index contributed by atoms with van der Waals surface area (Å²) in [5, 5.41) is 4.35. The van der Waals surface area contributed by atoms with Crippen LogP contribution in [-0.4, -0.2) is 47.0 Å². The fraction of sp³-hybridized carbons (Fsp3) is 0.750. The van der Waals surface area contributed by atoms with Gasteiger partial charge in [0.25, 0.3) is 0 Å². The summed E-state index contributed by atoms with van der Waals surface area (Å²) in [4.78, 5) is 2.59. The minimum absolute atomic E-state index is 0.614. The van der Waals surface area contributed by atoms with Crippen molar-refractivity contribution in [3.05, 3.63) is 18.5 Å². The molecule has 0 spiro atoms. The number of morpholine rings is 1. The molecule has 3 rings (SSSR count). The number of nitrogens with zero attached hydrogens (tertiary/aromatic N) is 3. The summed E-state index contributed by atoms with van der Waals surface area (Å²) >= 11 is 0. The van der Waals surface area contributed by atoms with Gasteiger partial charge in [-0.1, -0.05) is 0 Å². The SMILES string of the molecule is c1cnn(C2CCC(N3CCOCC3)C2)c1. The topological polar surface area (TPSA) is 30.3 Å². The molecular formula is C12H19N3O. The fourth-order valence-corrected chi connectivity index (χ4v) is 2.95. The molecule has 1 saturated carbocycles. The zero-order chi connectivity index (χ0) is 10.8. The van der Waals surface area contributed by atoms with E-state index in [2.05, 4.69) is 20.9 Å². The Morgan fingerprint density at radius 3 is 2.69 bits per heavy atom. The van der Waals surface area contributed by atoms with Gasteiger partial charge < -0.3 is 4.74 Å². The van der Waals surface area contributed by atoms with E-state index >= 15 is 0 Å². The zero-order valence-electron chi connectivity index (χ0n) is 9.59. The van der Waals surface area contributed by atoms with Crippen molar-refractivity contribution in [3.8, 4) is 0 Å². The molecule has 0 radical (unpaired) electrons. The Morgan fingerprint density at radius 2 is 1.94 bits per heavy atom. The van der Waals surface area contributed by atoms with Gasteiger partial charge in [0.15, 0.2) is 0 Å². The van der Waals surface area contributed by atoms with Gasteiger partial charge in [-0.05, 0) is 25.3 Å². The average Bonchev–Trinajstić information content (AvgIpc) is 3.01. The van der Waals surface area contributed by atoms with Crippen molar-refractivity contribution >= 4 is 0 Å². The maximum atomic E-state index is 5.40. The van der Waals surface area contributed by atoms with Gasteiger partial charge in [0, 0.05) is 31.5 Å². The van der Waals surface area contributed by atoms with Gasteiger partial charge in [0.1, 0.15) is 0 Å². The lowest BCUT2D eigenvalue weighted by atomic mass is 10.2. The first kappa shape index (κ1) is 10.3. The van der Waals surface area contributed by atoms with E-state index in [4.69, 9.17) is 4.74 Å². The van der Waals surface area contributed by atoms with E-state index in [-0.39, 0.29) is 0 Å². The minimum Gasteiger partial charge on any atom is -0.379 e. The molecule has 4 heteroatoms. The van der Waals surface area contributed by atoms with Crippen molar-refractivity contribution in [1.82, 2.24) is 14.7 Å². The lowest BCUT2D eigenvalue weighted by Gasteiger charge is -2.32. The first-order valence-corrected chi connectivity index (χ1v) is 6.24. The predicted molar refractivity (Wildman–Crippen MR) is 61.3 cm³/mol. The summed E-state index contributed by atoms with van der Waals surface area (Å²) in [6.07, 6.45) is 7.80. The second-order valence-electron chi connectivity index (χ2n) is 4.76. The Labute approximate surface area is 96.2 Å². The lowest BCUT2D eigenvalue weighted by Crippen LogP contribution is -2.42. The number of hydrogen-bond acceptors (Lipinski definition) is 3. The number of rotatable bonds is 2. The van der Waals surface area contributed by atoms with Crippen LogP contribution in [0.1, 0.15) is 25.3 Å². The van der Waals surface area contributed by atoms with E-state index in [0.29, 0.717) is 6.04 Å². The van der Waals surface area contributed by atoms with Crippen molar-refractivity contribution in [2.75, 3.05) is 26.3 Å². The molecule has 4 nitrogen and oxygen atoms in total. The highest BCUT2D eigenvalue weighted by molar-refractivity contribution is 4.89. The fourth-order valence-electron chi connectivity index (χ4n) is 2.95. The molecule has 2 unspecified atom stereocenters. The summed E-state index contributed by atoms with van der Waals surface area (Å²) < 4.78 is 7.52. The second-order valence-corrected chi connectivity index (χ2v) is 4.76. The van der Waals surface area contributed by atoms with Crippen molar-refractivity contribution in [2.24, 2.45) is 0 Å². The van der Waals surface area contributed by atoms with Gasteiger partial charge in [-0.15, -0.1) is 0 Å². The number of hydrogen-bond donors (Lipinski definition) is 0. The first-order chi connectivity index (χ1) is 7.93. The Bertz CT molecular complexity index is 319. The minimum atomic E-state index is 0.614. The molecule has 0 amide bonds. The van der Waals surface area contributed by atoms with Gasteiger partial charge in [-0.25, -0.2) is 0 Å². The van der Waals surface area contributed by atoms with E-state index < -0.39 is 0 Å². The van der Waals surface area contributed by atoms with Gasteiger partial charge in [-0.3, -0.25) is 9.58 Å². The Morgan fingerprint density at radius 1 is 1.12 bits per heavy atom. The Balaban J connectivity index is 1.60. The van der Waals surface area contributed by atoms with Crippen LogP contribution >= 0.6 is 0 Å². The molecule has 1 saturated heterocycles. The molecular weight excluding hydrogens is 202 g/mol. The van der Waals surface area contributed by atoms with E-state index in [1.807, 2.05) is 12.3 Å². The molecule has 2 fully saturated rings. The summed E-state index contributed by atoms with van der Waals surface area (Å²) in [6.45, 7) is 4.03. The highest BCUT2D eigenvalue weighted by Gasteiger charge is 2.30. The molecule has 1 aliphatic carbocycles. The third-order valence-corrected chi connectivity index (χ3v) is 3.84. The molecule has 2 heterocycles. The Kier molecular flexibility index (Phi) is 2.93. The summed E-state index contributed by atoms with van der Waals surface area (Å²) in [5.74, 6) is 0. The lowest BCUT2D eigenvalue weighted by molar-refractivity contribution is 0.0172. The third kappa shape index (κ3) is 1.99. The molecule has 0 N–H and O–H groups in total. The summed E-state index contributed by atoms with van der Waals surface area (Å²) in [7, 11) is 0. The number of aromatic nitrogens is 2. The molecule has 1 aromatic heterocycles.